The van der Waals surface area contributed by atoms with Crippen molar-refractivity contribution >= 4 is 29.9 Å². The van der Waals surface area contributed by atoms with Crippen LogP contribution in [0.2, 0.25) is 0 Å². The number of rotatable bonds is 5. The quantitative estimate of drug-likeness (QED) is 0.848. The minimum Gasteiger partial charge on any atom is -0.484 e. The molecule has 6 nitrogen and oxygen atoms in total. The summed E-state index contributed by atoms with van der Waals surface area (Å²) in [5.74, 6) is 1.33. The molecule has 2 aliphatic heterocycles. The summed E-state index contributed by atoms with van der Waals surface area (Å²) in [5, 5.41) is 0. The molecule has 1 aromatic carbocycles. The lowest BCUT2D eigenvalue weighted by Crippen LogP contribution is -2.44. The maximum atomic E-state index is 12.3. The van der Waals surface area contributed by atoms with Crippen molar-refractivity contribution in [3.63, 3.8) is 0 Å². The largest absolute Gasteiger partial charge is 0.484 e. The molecule has 2 saturated heterocycles. The molecular formula is C19H28ClN3O3. The van der Waals surface area contributed by atoms with Gasteiger partial charge in [0.05, 0.1) is 0 Å². The molecule has 1 unspecified atom stereocenters. The van der Waals surface area contributed by atoms with Gasteiger partial charge in [-0.2, -0.15) is 0 Å². The monoisotopic (exact) mass is 381 g/mol. The second-order valence-electron chi connectivity index (χ2n) is 7.01. The third-order valence-corrected chi connectivity index (χ3v) is 5.22. The molecule has 0 spiro atoms. The molecule has 2 fully saturated rings. The molecule has 2 amide bonds. The molecule has 2 heterocycles. The molecule has 2 aliphatic rings. The standard InChI is InChI=1S/C19H27N3O3.ClH/c1-14(20)15-8-11-21(12-9-15)19(24)13-25-17-6-4-16(5-7-17)22-10-2-3-18(22)23;/h4-7,14-15H,2-3,8-13,20H2,1H3;1H. The lowest BCUT2D eigenvalue weighted by atomic mass is 9.91. The summed E-state index contributed by atoms with van der Waals surface area (Å²) in [6.45, 7) is 4.36. The van der Waals surface area contributed by atoms with Crippen LogP contribution in [0.25, 0.3) is 0 Å². The summed E-state index contributed by atoms with van der Waals surface area (Å²) < 4.78 is 5.62. The molecule has 0 aliphatic carbocycles. The van der Waals surface area contributed by atoms with E-state index in [1.165, 1.54) is 0 Å². The zero-order valence-corrected chi connectivity index (χ0v) is 16.0. The van der Waals surface area contributed by atoms with E-state index in [0.29, 0.717) is 18.1 Å². The first kappa shape index (κ1) is 20.5. The molecule has 2 N–H and O–H groups in total. The van der Waals surface area contributed by atoms with Gasteiger partial charge in [-0.25, -0.2) is 0 Å². The molecule has 0 aromatic heterocycles. The first-order chi connectivity index (χ1) is 12.0. The van der Waals surface area contributed by atoms with Gasteiger partial charge in [0.2, 0.25) is 5.91 Å². The number of nitrogens with two attached hydrogens (primary N) is 1. The number of likely N-dealkylation sites (tertiary alicyclic amines) is 1. The van der Waals surface area contributed by atoms with Gasteiger partial charge in [-0.1, -0.05) is 0 Å². The van der Waals surface area contributed by atoms with Crippen molar-refractivity contribution in [2.45, 2.75) is 38.6 Å². The Morgan fingerprint density at radius 3 is 2.42 bits per heavy atom. The third kappa shape index (κ3) is 4.89. The normalized spacial score (nSPS) is 19.2. The summed E-state index contributed by atoms with van der Waals surface area (Å²) in [7, 11) is 0. The Balaban J connectivity index is 0.00000243. The second kappa shape index (κ2) is 9.24. The van der Waals surface area contributed by atoms with E-state index >= 15 is 0 Å². The van der Waals surface area contributed by atoms with Gasteiger partial charge < -0.3 is 20.3 Å². The van der Waals surface area contributed by atoms with Gasteiger partial charge in [-0.05, 0) is 56.4 Å². The fourth-order valence-corrected chi connectivity index (χ4v) is 3.55. The second-order valence-corrected chi connectivity index (χ2v) is 7.01. The molecule has 1 aromatic rings. The molecule has 3 rings (SSSR count). The number of carbonyl (C=O) groups excluding carboxylic acids is 2. The lowest BCUT2D eigenvalue weighted by molar-refractivity contribution is -0.134. The highest BCUT2D eigenvalue weighted by Crippen LogP contribution is 2.24. The Kier molecular flexibility index (Phi) is 7.29. The summed E-state index contributed by atoms with van der Waals surface area (Å²) in [5.41, 5.74) is 6.82. The highest BCUT2D eigenvalue weighted by Gasteiger charge is 2.25. The van der Waals surface area contributed by atoms with E-state index in [0.717, 1.165) is 44.6 Å². The van der Waals surface area contributed by atoms with Gasteiger partial charge in [-0.3, -0.25) is 9.59 Å². The number of nitrogens with zero attached hydrogens (tertiary/aromatic N) is 2. The lowest BCUT2D eigenvalue weighted by Gasteiger charge is -2.33. The van der Waals surface area contributed by atoms with E-state index in [1.807, 2.05) is 36.1 Å². The minimum atomic E-state index is 0. The van der Waals surface area contributed by atoms with Gasteiger partial charge in [0.1, 0.15) is 5.75 Å². The first-order valence-electron chi connectivity index (χ1n) is 9.11. The van der Waals surface area contributed by atoms with E-state index in [4.69, 9.17) is 10.5 Å². The molecule has 0 bridgehead atoms. The van der Waals surface area contributed by atoms with Crippen molar-refractivity contribution in [3.8, 4) is 5.75 Å². The highest BCUT2D eigenvalue weighted by molar-refractivity contribution is 5.95. The van der Waals surface area contributed by atoms with E-state index in [-0.39, 0.29) is 36.9 Å². The van der Waals surface area contributed by atoms with Crippen molar-refractivity contribution in [1.82, 2.24) is 4.90 Å². The van der Waals surface area contributed by atoms with Crippen molar-refractivity contribution in [1.29, 1.82) is 0 Å². The van der Waals surface area contributed by atoms with Crippen LogP contribution < -0.4 is 15.4 Å². The van der Waals surface area contributed by atoms with Crippen molar-refractivity contribution < 1.29 is 14.3 Å². The molecule has 7 heteroatoms. The van der Waals surface area contributed by atoms with Gasteiger partial charge in [0.15, 0.2) is 6.61 Å². The highest BCUT2D eigenvalue weighted by atomic mass is 35.5. The van der Waals surface area contributed by atoms with Crippen LogP contribution in [-0.2, 0) is 9.59 Å². The van der Waals surface area contributed by atoms with E-state index in [1.54, 1.807) is 4.90 Å². The minimum absolute atomic E-state index is 0. The van der Waals surface area contributed by atoms with Crippen LogP contribution in [0.1, 0.15) is 32.6 Å². The van der Waals surface area contributed by atoms with Crippen LogP contribution >= 0.6 is 12.4 Å². The number of anilines is 1. The Morgan fingerprint density at radius 1 is 1.23 bits per heavy atom. The molecule has 0 saturated carbocycles. The van der Waals surface area contributed by atoms with Crippen LogP contribution in [0, 0.1) is 5.92 Å². The zero-order chi connectivity index (χ0) is 17.8. The Morgan fingerprint density at radius 2 is 1.88 bits per heavy atom. The maximum Gasteiger partial charge on any atom is 0.260 e. The number of halogens is 1. The van der Waals surface area contributed by atoms with Crippen molar-refractivity contribution in [3.05, 3.63) is 24.3 Å². The predicted octanol–water partition coefficient (Wildman–Crippen LogP) is 2.20. The van der Waals surface area contributed by atoms with Crippen molar-refractivity contribution in [2.75, 3.05) is 31.1 Å². The summed E-state index contributed by atoms with van der Waals surface area (Å²) in [4.78, 5) is 27.7. The first-order valence-corrected chi connectivity index (χ1v) is 9.11. The van der Waals surface area contributed by atoms with Crippen molar-refractivity contribution in [2.24, 2.45) is 11.7 Å². The van der Waals surface area contributed by atoms with Gasteiger partial charge in [0.25, 0.3) is 5.91 Å². The molecule has 144 valence electrons. The number of piperidine rings is 1. The number of ether oxygens (including phenoxy) is 1. The Bertz CT molecular complexity index is 613. The van der Waals surface area contributed by atoms with E-state index in [9.17, 15) is 9.59 Å². The van der Waals surface area contributed by atoms with Crippen LogP contribution in [0.5, 0.6) is 5.75 Å². The van der Waals surface area contributed by atoms with Gasteiger partial charge in [-0.15, -0.1) is 12.4 Å². The van der Waals surface area contributed by atoms with Gasteiger partial charge in [0, 0.05) is 37.8 Å². The third-order valence-electron chi connectivity index (χ3n) is 5.22. The smallest absolute Gasteiger partial charge is 0.260 e. The molecule has 1 atom stereocenters. The van der Waals surface area contributed by atoms with E-state index < -0.39 is 0 Å². The average Bonchev–Trinajstić information content (AvgIpc) is 3.06. The number of amides is 2. The molecular weight excluding hydrogens is 354 g/mol. The Labute approximate surface area is 161 Å². The van der Waals surface area contributed by atoms with Crippen LogP contribution in [-0.4, -0.2) is 49.0 Å². The Hall–Kier alpha value is -1.79. The molecule has 0 radical (unpaired) electrons. The fraction of sp³-hybridized carbons (Fsp3) is 0.579. The average molecular weight is 382 g/mol. The van der Waals surface area contributed by atoms with Gasteiger partial charge >= 0.3 is 0 Å². The zero-order valence-electron chi connectivity index (χ0n) is 15.2. The summed E-state index contributed by atoms with van der Waals surface area (Å²) in [6.07, 6.45) is 3.45. The number of hydrogen-bond acceptors (Lipinski definition) is 4. The fourth-order valence-electron chi connectivity index (χ4n) is 3.55. The SMILES string of the molecule is CC(N)C1CCN(C(=O)COc2ccc(N3CCCC3=O)cc2)CC1.Cl. The van der Waals surface area contributed by atoms with E-state index in [2.05, 4.69) is 0 Å². The van der Waals surface area contributed by atoms with Crippen LogP contribution in [0.4, 0.5) is 5.69 Å². The summed E-state index contributed by atoms with van der Waals surface area (Å²) in [6, 6.07) is 7.57. The number of hydrogen-bond donors (Lipinski definition) is 1. The maximum absolute atomic E-state index is 12.3. The number of carbonyl (C=O) groups is 2. The topological polar surface area (TPSA) is 75.9 Å². The van der Waals surface area contributed by atoms with Crippen LogP contribution in [0.3, 0.4) is 0 Å². The predicted molar refractivity (Wildman–Crippen MR) is 104 cm³/mol. The summed E-state index contributed by atoms with van der Waals surface area (Å²) >= 11 is 0. The molecule has 26 heavy (non-hydrogen) atoms. The van der Waals surface area contributed by atoms with Crippen LogP contribution in [0.15, 0.2) is 24.3 Å². The number of benzene rings is 1.